The molecule has 2 rings (SSSR count). The fourth-order valence-corrected chi connectivity index (χ4v) is 3.03. The average molecular weight is 266 g/mol. The molecule has 1 amide bonds. The second-order valence-corrected chi connectivity index (χ2v) is 6.14. The van der Waals surface area contributed by atoms with Gasteiger partial charge in [-0.05, 0) is 17.7 Å². The van der Waals surface area contributed by atoms with Gasteiger partial charge in [-0.1, -0.05) is 18.2 Å². The third-order valence-electron chi connectivity index (χ3n) is 2.68. The molecule has 18 heavy (non-hydrogen) atoms. The van der Waals surface area contributed by atoms with E-state index in [-0.39, 0.29) is 18.1 Å². The van der Waals surface area contributed by atoms with Crippen LogP contribution in [0.2, 0.25) is 0 Å². The van der Waals surface area contributed by atoms with Crippen LogP contribution in [0.1, 0.15) is 5.56 Å². The van der Waals surface area contributed by atoms with E-state index in [9.17, 15) is 13.2 Å². The molecule has 0 aliphatic carbocycles. The fourth-order valence-electron chi connectivity index (χ4n) is 1.79. The molecule has 0 saturated heterocycles. The van der Waals surface area contributed by atoms with Gasteiger partial charge in [0.2, 0.25) is 5.91 Å². The molecule has 1 aromatic carbocycles. The van der Waals surface area contributed by atoms with Gasteiger partial charge in [-0.3, -0.25) is 4.79 Å². The number of anilines is 1. The number of carbonyl (C=O) groups is 1. The number of nitrogens with one attached hydrogen (secondary N) is 1. The van der Waals surface area contributed by atoms with Crippen molar-refractivity contribution in [3.8, 4) is 0 Å². The van der Waals surface area contributed by atoms with Crippen molar-refractivity contribution in [2.45, 2.75) is 12.5 Å². The standard InChI is InChI=1S/C12H14N2O3S/c13-11-4-2-1-3-9(11)7-12(15)14-10-5-6-18(16,17)8-10/h1-6,10H,7-8,13H2,(H,14,15). The summed E-state index contributed by atoms with van der Waals surface area (Å²) < 4.78 is 22.4. The number of hydrogen-bond acceptors (Lipinski definition) is 4. The smallest absolute Gasteiger partial charge is 0.224 e. The first-order valence-electron chi connectivity index (χ1n) is 5.50. The van der Waals surface area contributed by atoms with E-state index in [2.05, 4.69) is 5.32 Å². The van der Waals surface area contributed by atoms with Gasteiger partial charge in [0.25, 0.3) is 0 Å². The summed E-state index contributed by atoms with van der Waals surface area (Å²) >= 11 is 0. The Morgan fingerprint density at radius 1 is 1.39 bits per heavy atom. The molecule has 0 fully saturated rings. The lowest BCUT2D eigenvalue weighted by molar-refractivity contribution is -0.120. The second kappa shape index (κ2) is 4.81. The van der Waals surface area contributed by atoms with Crippen molar-refractivity contribution in [2.24, 2.45) is 0 Å². The Morgan fingerprint density at radius 2 is 2.11 bits per heavy atom. The highest BCUT2D eigenvalue weighted by molar-refractivity contribution is 7.94. The molecule has 1 heterocycles. The van der Waals surface area contributed by atoms with Crippen LogP contribution in [0.25, 0.3) is 0 Å². The molecule has 0 saturated carbocycles. The first-order valence-corrected chi connectivity index (χ1v) is 7.21. The normalized spacial score (nSPS) is 20.8. The summed E-state index contributed by atoms with van der Waals surface area (Å²) in [5.41, 5.74) is 7.02. The van der Waals surface area contributed by atoms with Gasteiger partial charge in [-0.25, -0.2) is 8.42 Å². The molecule has 0 bridgehead atoms. The Morgan fingerprint density at radius 3 is 2.72 bits per heavy atom. The molecule has 6 heteroatoms. The Balaban J connectivity index is 1.95. The summed E-state index contributed by atoms with van der Waals surface area (Å²) in [6.07, 6.45) is 1.64. The molecule has 1 atom stereocenters. The van der Waals surface area contributed by atoms with Crippen molar-refractivity contribution in [3.05, 3.63) is 41.3 Å². The Kier molecular flexibility index (Phi) is 3.38. The minimum atomic E-state index is -3.14. The van der Waals surface area contributed by atoms with Crippen LogP contribution in [0, 0.1) is 0 Å². The fraction of sp³-hybridized carbons (Fsp3) is 0.250. The van der Waals surface area contributed by atoms with Crippen LogP contribution >= 0.6 is 0 Å². The molecule has 0 aromatic heterocycles. The molecule has 1 aromatic rings. The molecule has 1 unspecified atom stereocenters. The van der Waals surface area contributed by atoms with E-state index in [0.29, 0.717) is 5.69 Å². The van der Waals surface area contributed by atoms with Gasteiger partial charge in [-0.15, -0.1) is 0 Å². The van der Waals surface area contributed by atoms with Gasteiger partial charge in [0.15, 0.2) is 9.84 Å². The number of carbonyl (C=O) groups excluding carboxylic acids is 1. The number of para-hydroxylation sites is 1. The maximum Gasteiger partial charge on any atom is 0.224 e. The quantitative estimate of drug-likeness (QED) is 0.767. The van der Waals surface area contributed by atoms with Crippen molar-refractivity contribution in [1.29, 1.82) is 0 Å². The van der Waals surface area contributed by atoms with Crippen LogP contribution in [0.4, 0.5) is 5.69 Å². The van der Waals surface area contributed by atoms with Crippen LogP contribution in [-0.2, 0) is 21.1 Å². The van der Waals surface area contributed by atoms with Gasteiger partial charge < -0.3 is 11.1 Å². The Bertz CT molecular complexity index is 593. The van der Waals surface area contributed by atoms with E-state index >= 15 is 0 Å². The predicted octanol–water partition coefficient (Wildman–Crippen LogP) is 0.238. The number of nitrogens with two attached hydrogens (primary N) is 1. The van der Waals surface area contributed by atoms with Crippen LogP contribution in [0.3, 0.4) is 0 Å². The largest absolute Gasteiger partial charge is 0.398 e. The van der Waals surface area contributed by atoms with E-state index in [0.717, 1.165) is 11.0 Å². The molecule has 96 valence electrons. The number of sulfone groups is 1. The Labute approximate surface area is 106 Å². The summed E-state index contributed by atoms with van der Waals surface area (Å²) in [5.74, 6) is -0.303. The van der Waals surface area contributed by atoms with Gasteiger partial charge >= 0.3 is 0 Å². The molecular weight excluding hydrogens is 252 g/mol. The Hall–Kier alpha value is -1.82. The molecule has 1 aliphatic heterocycles. The third-order valence-corrected chi connectivity index (χ3v) is 4.08. The van der Waals surface area contributed by atoms with Crippen molar-refractivity contribution < 1.29 is 13.2 Å². The number of hydrogen-bond donors (Lipinski definition) is 2. The van der Waals surface area contributed by atoms with Crippen molar-refractivity contribution >= 4 is 21.4 Å². The van der Waals surface area contributed by atoms with E-state index in [1.165, 1.54) is 6.08 Å². The lowest BCUT2D eigenvalue weighted by Crippen LogP contribution is -2.36. The van der Waals surface area contributed by atoms with Crippen molar-refractivity contribution in [2.75, 3.05) is 11.5 Å². The molecule has 1 aliphatic rings. The topological polar surface area (TPSA) is 89.3 Å². The summed E-state index contributed by atoms with van der Waals surface area (Å²) in [4.78, 5) is 11.7. The molecular formula is C12H14N2O3S. The molecule has 5 nitrogen and oxygen atoms in total. The highest BCUT2D eigenvalue weighted by Crippen LogP contribution is 2.12. The summed E-state index contributed by atoms with van der Waals surface area (Å²) in [6, 6.07) is 6.66. The zero-order valence-electron chi connectivity index (χ0n) is 9.67. The SMILES string of the molecule is Nc1ccccc1CC(=O)NC1C=CS(=O)(=O)C1. The number of rotatable bonds is 3. The maximum atomic E-state index is 11.7. The highest BCUT2D eigenvalue weighted by Gasteiger charge is 2.23. The minimum absolute atomic E-state index is 0.0665. The number of nitrogen functional groups attached to an aromatic ring is 1. The number of benzene rings is 1. The summed E-state index contributed by atoms with van der Waals surface area (Å²) in [6.45, 7) is 0. The summed E-state index contributed by atoms with van der Waals surface area (Å²) in [7, 11) is -3.14. The predicted molar refractivity (Wildman–Crippen MR) is 69.4 cm³/mol. The van der Waals surface area contributed by atoms with Gasteiger partial charge in [0.1, 0.15) is 0 Å². The van der Waals surface area contributed by atoms with Crippen molar-refractivity contribution in [1.82, 2.24) is 5.32 Å². The van der Waals surface area contributed by atoms with Crippen molar-refractivity contribution in [3.63, 3.8) is 0 Å². The van der Waals surface area contributed by atoms with Gasteiger partial charge in [-0.2, -0.15) is 0 Å². The second-order valence-electron chi connectivity index (χ2n) is 4.21. The van der Waals surface area contributed by atoms with Gasteiger partial charge in [0, 0.05) is 11.1 Å². The lowest BCUT2D eigenvalue weighted by atomic mass is 10.1. The zero-order valence-corrected chi connectivity index (χ0v) is 10.5. The number of amides is 1. The molecule has 3 N–H and O–H groups in total. The van der Waals surface area contributed by atoms with Crippen LogP contribution < -0.4 is 11.1 Å². The van der Waals surface area contributed by atoms with Crippen LogP contribution in [-0.4, -0.2) is 26.1 Å². The molecule has 0 spiro atoms. The van der Waals surface area contributed by atoms with E-state index in [1.54, 1.807) is 24.3 Å². The monoisotopic (exact) mass is 266 g/mol. The van der Waals surface area contributed by atoms with Crippen LogP contribution in [0.5, 0.6) is 0 Å². The first-order chi connectivity index (χ1) is 8.46. The third kappa shape index (κ3) is 3.10. The van der Waals surface area contributed by atoms with E-state index in [1.807, 2.05) is 0 Å². The summed E-state index contributed by atoms with van der Waals surface area (Å²) in [5, 5.41) is 3.78. The first kappa shape index (κ1) is 12.6. The minimum Gasteiger partial charge on any atom is -0.398 e. The van der Waals surface area contributed by atoms with E-state index in [4.69, 9.17) is 5.73 Å². The van der Waals surface area contributed by atoms with E-state index < -0.39 is 15.9 Å². The lowest BCUT2D eigenvalue weighted by Gasteiger charge is -2.10. The maximum absolute atomic E-state index is 11.7. The van der Waals surface area contributed by atoms with Crippen LogP contribution in [0.15, 0.2) is 35.7 Å². The highest BCUT2D eigenvalue weighted by atomic mass is 32.2. The van der Waals surface area contributed by atoms with Gasteiger partial charge in [0.05, 0.1) is 18.2 Å². The average Bonchev–Trinajstić information content (AvgIpc) is 2.61. The molecule has 0 radical (unpaired) electrons. The zero-order chi connectivity index (χ0) is 13.2.